The van der Waals surface area contributed by atoms with Crippen molar-refractivity contribution in [3.05, 3.63) is 88.6 Å². The van der Waals surface area contributed by atoms with E-state index >= 15 is 0 Å². The summed E-state index contributed by atoms with van der Waals surface area (Å²) in [5.74, 6) is 1.00. The summed E-state index contributed by atoms with van der Waals surface area (Å²) in [6, 6.07) is 16.0. The molecule has 0 fully saturated rings. The number of nitrogens with zero attached hydrogens (tertiary/aromatic N) is 4. The first kappa shape index (κ1) is 29.7. The van der Waals surface area contributed by atoms with Gasteiger partial charge < -0.3 is 19.4 Å². The first-order valence-corrected chi connectivity index (χ1v) is 14.6. The van der Waals surface area contributed by atoms with Gasteiger partial charge in [0, 0.05) is 42.0 Å². The average molecular weight is 592 g/mol. The number of aromatic nitrogens is 3. The van der Waals surface area contributed by atoms with Gasteiger partial charge in [0.2, 0.25) is 12.3 Å². The van der Waals surface area contributed by atoms with Crippen LogP contribution in [0, 0.1) is 5.82 Å². The number of fused-ring (bicyclic) bond motifs is 1. The maximum Gasteiger partial charge on any atom is 0.214 e. The van der Waals surface area contributed by atoms with Crippen LogP contribution in [0.25, 0.3) is 16.6 Å². The molecule has 220 valence electrons. The van der Waals surface area contributed by atoms with Crippen LogP contribution < -0.4 is 10.1 Å². The van der Waals surface area contributed by atoms with Gasteiger partial charge in [0.1, 0.15) is 18.2 Å². The van der Waals surface area contributed by atoms with Crippen molar-refractivity contribution >= 4 is 40.3 Å². The molecule has 0 bridgehead atoms. The summed E-state index contributed by atoms with van der Waals surface area (Å²) in [6.07, 6.45) is 4.70. The van der Waals surface area contributed by atoms with Crippen LogP contribution in [-0.2, 0) is 29.2 Å². The molecule has 10 heteroatoms. The van der Waals surface area contributed by atoms with Crippen LogP contribution in [0.5, 0.6) is 5.88 Å². The summed E-state index contributed by atoms with van der Waals surface area (Å²) in [4.78, 5) is 22.9. The zero-order valence-electron chi connectivity index (χ0n) is 23.9. The van der Waals surface area contributed by atoms with Crippen molar-refractivity contribution in [3.63, 3.8) is 0 Å². The molecule has 5 rings (SSSR count). The second-order valence-corrected chi connectivity index (χ2v) is 10.8. The summed E-state index contributed by atoms with van der Waals surface area (Å²) in [6.45, 7) is 7.94. The van der Waals surface area contributed by atoms with E-state index in [1.807, 2.05) is 30.3 Å². The van der Waals surface area contributed by atoms with Crippen molar-refractivity contribution in [2.24, 2.45) is 0 Å². The lowest BCUT2D eigenvalue weighted by Gasteiger charge is -2.26. The monoisotopic (exact) mass is 591 g/mol. The maximum atomic E-state index is 14.1. The third-order valence-electron chi connectivity index (χ3n) is 7.20. The van der Waals surface area contributed by atoms with Gasteiger partial charge >= 0.3 is 0 Å². The molecule has 1 aliphatic heterocycles. The van der Waals surface area contributed by atoms with E-state index < -0.39 is 5.82 Å². The standard InChI is InChI=1S/C32H35ClFN5O3/c1-3-15-41-22(2)18-39-30-10-9-26(35-21-40)17-29(30)36-31(39)19-38-13-11-23(12-14-38)28-5-4-6-32(37-28)42-20-24-7-8-25(33)16-27(24)34/h4-11,16-17,21-22H,3,12-15,18-20H2,1-2H3,(H,35,40). The fourth-order valence-electron chi connectivity index (χ4n) is 5.04. The molecular weight excluding hydrogens is 557 g/mol. The minimum atomic E-state index is -0.400. The number of carbonyl (C=O) groups excluding carboxylic acids is 1. The van der Waals surface area contributed by atoms with Gasteiger partial charge in [-0.3, -0.25) is 9.69 Å². The van der Waals surface area contributed by atoms with Crippen molar-refractivity contribution in [1.82, 2.24) is 19.4 Å². The Hall–Kier alpha value is -3.79. The van der Waals surface area contributed by atoms with Crippen molar-refractivity contribution in [3.8, 4) is 5.88 Å². The molecule has 0 radical (unpaired) electrons. The SMILES string of the molecule is CCCOC(C)Cn1c(CN2CC=C(c3cccc(OCc4ccc(Cl)cc4F)n3)CC2)nc2cc(NC=O)ccc21. The molecule has 0 saturated heterocycles. The number of hydrogen-bond donors (Lipinski definition) is 1. The number of imidazole rings is 1. The smallest absolute Gasteiger partial charge is 0.214 e. The van der Waals surface area contributed by atoms with Gasteiger partial charge in [-0.1, -0.05) is 36.7 Å². The van der Waals surface area contributed by atoms with Crippen LogP contribution in [0.4, 0.5) is 10.1 Å². The summed E-state index contributed by atoms with van der Waals surface area (Å²) in [5, 5.41) is 3.06. The minimum absolute atomic E-state index is 0.0403. The molecular formula is C32H35ClFN5O3. The van der Waals surface area contributed by atoms with Crippen molar-refractivity contribution in [2.45, 2.75) is 52.5 Å². The van der Waals surface area contributed by atoms with Gasteiger partial charge in [0.05, 0.1) is 35.9 Å². The highest BCUT2D eigenvalue weighted by Crippen LogP contribution is 2.26. The Kier molecular flexibility index (Phi) is 9.84. The lowest BCUT2D eigenvalue weighted by atomic mass is 10.0. The Morgan fingerprint density at radius 1 is 1.17 bits per heavy atom. The molecule has 3 heterocycles. The van der Waals surface area contributed by atoms with Crippen LogP contribution in [0.2, 0.25) is 5.02 Å². The normalized spacial score (nSPS) is 14.5. The number of nitrogens with one attached hydrogen (secondary N) is 1. The third kappa shape index (κ3) is 7.34. The van der Waals surface area contributed by atoms with Crippen LogP contribution in [-0.4, -0.2) is 51.6 Å². The molecule has 1 amide bonds. The molecule has 42 heavy (non-hydrogen) atoms. The lowest BCUT2D eigenvalue weighted by Crippen LogP contribution is -2.30. The number of rotatable bonds is 13. The minimum Gasteiger partial charge on any atom is -0.473 e. The highest BCUT2D eigenvalue weighted by atomic mass is 35.5. The zero-order chi connectivity index (χ0) is 29.5. The molecule has 0 saturated carbocycles. The van der Waals surface area contributed by atoms with Crippen LogP contribution in [0.15, 0.2) is 60.7 Å². The molecule has 2 aromatic heterocycles. The summed E-state index contributed by atoms with van der Waals surface area (Å²) < 4.78 is 28.1. The van der Waals surface area contributed by atoms with Crippen molar-refractivity contribution in [2.75, 3.05) is 25.0 Å². The molecule has 1 N–H and O–H groups in total. The molecule has 1 atom stereocenters. The Balaban J connectivity index is 1.28. The van der Waals surface area contributed by atoms with E-state index in [9.17, 15) is 9.18 Å². The molecule has 1 unspecified atom stereocenters. The van der Waals surface area contributed by atoms with E-state index in [4.69, 9.17) is 26.1 Å². The predicted molar refractivity (Wildman–Crippen MR) is 163 cm³/mol. The number of halogens is 2. The van der Waals surface area contributed by atoms with E-state index in [1.54, 1.807) is 18.2 Å². The van der Waals surface area contributed by atoms with E-state index in [-0.39, 0.29) is 12.7 Å². The largest absolute Gasteiger partial charge is 0.473 e. The molecule has 4 aromatic rings. The van der Waals surface area contributed by atoms with Crippen LogP contribution in [0.3, 0.4) is 0 Å². The summed E-state index contributed by atoms with van der Waals surface area (Å²) in [5.41, 5.74) is 5.00. The average Bonchev–Trinajstić information content (AvgIpc) is 3.31. The Labute approximate surface area is 250 Å². The molecule has 2 aromatic carbocycles. The Morgan fingerprint density at radius 2 is 2.05 bits per heavy atom. The van der Waals surface area contributed by atoms with Crippen molar-refractivity contribution < 1.29 is 18.7 Å². The second kappa shape index (κ2) is 13.9. The molecule has 0 spiro atoms. The van der Waals surface area contributed by atoms with E-state index in [1.165, 1.54) is 6.07 Å². The number of anilines is 1. The van der Waals surface area contributed by atoms with Gasteiger partial charge in [-0.05, 0) is 61.7 Å². The summed E-state index contributed by atoms with van der Waals surface area (Å²) in [7, 11) is 0. The van der Waals surface area contributed by atoms with Crippen LogP contribution >= 0.6 is 11.6 Å². The number of hydrogen-bond acceptors (Lipinski definition) is 6. The Bertz CT molecular complexity index is 1570. The molecule has 8 nitrogen and oxygen atoms in total. The first-order chi connectivity index (χ1) is 20.4. The second-order valence-electron chi connectivity index (χ2n) is 10.4. The van der Waals surface area contributed by atoms with Gasteiger partial charge in [0.15, 0.2) is 0 Å². The number of amides is 1. The molecule has 1 aliphatic rings. The van der Waals surface area contributed by atoms with E-state index in [0.29, 0.717) is 48.3 Å². The number of benzene rings is 2. The topological polar surface area (TPSA) is 81.5 Å². The highest BCUT2D eigenvalue weighted by molar-refractivity contribution is 6.30. The van der Waals surface area contributed by atoms with E-state index in [0.717, 1.165) is 54.1 Å². The quantitative estimate of drug-likeness (QED) is 0.179. The third-order valence-corrected chi connectivity index (χ3v) is 7.44. The van der Waals surface area contributed by atoms with Gasteiger partial charge in [0.25, 0.3) is 0 Å². The highest BCUT2D eigenvalue weighted by Gasteiger charge is 2.20. The fourth-order valence-corrected chi connectivity index (χ4v) is 5.20. The van der Waals surface area contributed by atoms with Gasteiger partial charge in [-0.15, -0.1) is 0 Å². The number of ether oxygens (including phenoxy) is 2. The number of carbonyl (C=O) groups is 1. The fraction of sp³-hybridized carbons (Fsp3) is 0.344. The summed E-state index contributed by atoms with van der Waals surface area (Å²) >= 11 is 5.85. The first-order valence-electron chi connectivity index (χ1n) is 14.2. The van der Waals surface area contributed by atoms with Gasteiger partial charge in [-0.2, -0.15) is 0 Å². The Morgan fingerprint density at radius 3 is 2.81 bits per heavy atom. The maximum absolute atomic E-state index is 14.1. The van der Waals surface area contributed by atoms with Gasteiger partial charge in [-0.25, -0.2) is 14.4 Å². The van der Waals surface area contributed by atoms with Crippen LogP contribution in [0.1, 0.15) is 43.8 Å². The lowest BCUT2D eigenvalue weighted by molar-refractivity contribution is -0.105. The van der Waals surface area contributed by atoms with E-state index in [2.05, 4.69) is 39.7 Å². The zero-order valence-corrected chi connectivity index (χ0v) is 24.6. The molecule has 0 aliphatic carbocycles. The van der Waals surface area contributed by atoms with Crippen molar-refractivity contribution in [1.29, 1.82) is 0 Å². The number of pyridine rings is 1. The predicted octanol–water partition coefficient (Wildman–Crippen LogP) is 6.48.